The lowest BCUT2D eigenvalue weighted by atomic mass is 9.84. The van der Waals surface area contributed by atoms with Gasteiger partial charge in [-0.05, 0) is 61.3 Å². The topological polar surface area (TPSA) is 46.7 Å². The third-order valence-electron chi connectivity index (χ3n) is 8.15. The van der Waals surface area contributed by atoms with Crippen LogP contribution in [0.15, 0.2) is 58.5 Å². The summed E-state index contributed by atoms with van der Waals surface area (Å²) in [7, 11) is 0. The van der Waals surface area contributed by atoms with Crippen molar-refractivity contribution in [3.63, 3.8) is 0 Å². The number of piperazine rings is 1. The minimum absolute atomic E-state index is 0.652. The molecule has 1 aromatic carbocycles. The first-order chi connectivity index (χ1) is 16.8. The van der Waals surface area contributed by atoms with E-state index in [0.717, 1.165) is 51.4 Å². The molecular weight excluding hydrogens is 418 g/mol. The predicted octanol–water partition coefficient (Wildman–Crippen LogP) is 6.00. The number of fused-ring (bicyclic) bond motifs is 3. The highest BCUT2D eigenvalue weighted by molar-refractivity contribution is 6.02. The zero-order valence-corrected chi connectivity index (χ0v) is 20.4. The minimum Gasteiger partial charge on any atom is -0.345 e. The van der Waals surface area contributed by atoms with Crippen LogP contribution < -0.4 is 10.2 Å². The van der Waals surface area contributed by atoms with E-state index in [1.54, 1.807) is 11.3 Å². The van der Waals surface area contributed by atoms with Crippen molar-refractivity contribution in [1.29, 1.82) is 0 Å². The van der Waals surface area contributed by atoms with E-state index >= 15 is 0 Å². The standard InChI is InChI=1S/C29H37N5/c1-21-7-12-25(23-10-8-22(9-11-23)20-33-17-15-30-16-18-33)27-19-32-29-26(13-14-31-29)34(27)28(21)24-5-3-2-4-6-24/h8-11,13-14,19,24,30-31H,2-7,12,15-18,20H2,1H3. The van der Waals surface area contributed by atoms with E-state index in [1.807, 2.05) is 6.20 Å². The summed E-state index contributed by atoms with van der Waals surface area (Å²) >= 11 is 0. The van der Waals surface area contributed by atoms with Gasteiger partial charge in [0.25, 0.3) is 0 Å². The SMILES string of the molecule is CC1=C(C2CCCCC2)N2C(=C(c3ccc(CN4CCNCC4)cc3)CC1)C=Nc1[nH]ccc12. The lowest BCUT2D eigenvalue weighted by molar-refractivity contribution is 0.233. The second-order valence-electron chi connectivity index (χ2n) is 10.4. The Kier molecular flexibility index (Phi) is 6.15. The third kappa shape index (κ3) is 4.16. The van der Waals surface area contributed by atoms with Crippen molar-refractivity contribution >= 4 is 23.3 Å². The molecule has 4 aliphatic rings. The van der Waals surface area contributed by atoms with E-state index in [1.165, 1.54) is 60.2 Å². The maximum atomic E-state index is 4.84. The zero-order valence-electron chi connectivity index (χ0n) is 20.4. The molecule has 1 saturated heterocycles. The molecule has 0 radical (unpaired) electrons. The molecular formula is C29H37N5. The number of rotatable bonds is 4. The molecule has 3 aliphatic heterocycles. The second-order valence-corrected chi connectivity index (χ2v) is 10.4. The average Bonchev–Trinajstić information content (AvgIpc) is 3.31. The lowest BCUT2D eigenvalue weighted by Gasteiger charge is -2.37. The van der Waals surface area contributed by atoms with Crippen molar-refractivity contribution in [3.8, 4) is 0 Å². The number of hydrogen-bond donors (Lipinski definition) is 2. The molecule has 0 spiro atoms. The Bertz CT molecular complexity index is 1110. The summed E-state index contributed by atoms with van der Waals surface area (Å²) in [6.45, 7) is 7.88. The van der Waals surface area contributed by atoms with Gasteiger partial charge in [0.15, 0.2) is 5.82 Å². The Labute approximate surface area is 203 Å². The van der Waals surface area contributed by atoms with Crippen molar-refractivity contribution in [2.75, 3.05) is 31.1 Å². The van der Waals surface area contributed by atoms with Crippen molar-refractivity contribution in [1.82, 2.24) is 15.2 Å². The molecule has 4 heterocycles. The first kappa shape index (κ1) is 21.9. The number of benzene rings is 1. The van der Waals surface area contributed by atoms with Gasteiger partial charge in [0, 0.05) is 44.6 Å². The molecule has 5 heteroatoms. The molecule has 1 aliphatic carbocycles. The van der Waals surface area contributed by atoms with Crippen LogP contribution in [0.2, 0.25) is 0 Å². The van der Waals surface area contributed by atoms with Gasteiger partial charge >= 0.3 is 0 Å². The lowest BCUT2D eigenvalue weighted by Crippen LogP contribution is -2.42. The fourth-order valence-electron chi connectivity index (χ4n) is 6.32. The number of nitrogens with zero attached hydrogens (tertiary/aromatic N) is 3. The second kappa shape index (κ2) is 9.55. The van der Waals surface area contributed by atoms with E-state index in [2.05, 4.69) is 63.6 Å². The summed E-state index contributed by atoms with van der Waals surface area (Å²) in [4.78, 5) is 13.3. The molecule has 178 valence electrons. The van der Waals surface area contributed by atoms with Crippen LogP contribution in [0.3, 0.4) is 0 Å². The van der Waals surface area contributed by atoms with Gasteiger partial charge in [-0.15, -0.1) is 0 Å². The van der Waals surface area contributed by atoms with E-state index in [4.69, 9.17) is 4.99 Å². The summed E-state index contributed by atoms with van der Waals surface area (Å²) in [6, 6.07) is 11.6. The normalized spacial score (nSPS) is 22.1. The number of anilines is 1. The molecule has 5 nitrogen and oxygen atoms in total. The maximum absolute atomic E-state index is 4.84. The highest BCUT2D eigenvalue weighted by Gasteiger charge is 2.33. The number of allylic oxidation sites excluding steroid dienone is 4. The van der Waals surface area contributed by atoms with Crippen LogP contribution in [0.5, 0.6) is 0 Å². The number of nitrogens with one attached hydrogen (secondary N) is 2. The molecule has 6 rings (SSSR count). The van der Waals surface area contributed by atoms with Gasteiger partial charge in [-0.1, -0.05) is 49.1 Å². The van der Waals surface area contributed by atoms with Gasteiger partial charge in [0.2, 0.25) is 0 Å². The molecule has 34 heavy (non-hydrogen) atoms. The molecule has 2 N–H and O–H groups in total. The zero-order chi connectivity index (χ0) is 22.9. The highest BCUT2D eigenvalue weighted by atomic mass is 15.2. The molecule has 2 aromatic rings. The predicted molar refractivity (Wildman–Crippen MR) is 141 cm³/mol. The Morgan fingerprint density at radius 2 is 1.76 bits per heavy atom. The number of aromatic nitrogens is 1. The highest BCUT2D eigenvalue weighted by Crippen LogP contribution is 2.47. The fraction of sp³-hybridized carbons (Fsp3) is 0.483. The first-order valence-corrected chi connectivity index (χ1v) is 13.2. The Balaban J connectivity index is 1.36. The summed E-state index contributed by atoms with van der Waals surface area (Å²) < 4.78 is 0. The van der Waals surface area contributed by atoms with Crippen molar-refractivity contribution in [2.45, 2.75) is 58.4 Å². The van der Waals surface area contributed by atoms with Crippen molar-refractivity contribution < 1.29 is 0 Å². The maximum Gasteiger partial charge on any atom is 0.154 e. The molecule has 0 unspecified atom stereocenters. The molecule has 1 aromatic heterocycles. The first-order valence-electron chi connectivity index (χ1n) is 13.2. The van der Waals surface area contributed by atoms with E-state index in [0.29, 0.717) is 5.92 Å². The Morgan fingerprint density at radius 1 is 0.971 bits per heavy atom. The molecule has 0 bridgehead atoms. The fourth-order valence-corrected chi connectivity index (χ4v) is 6.32. The Morgan fingerprint density at radius 3 is 2.56 bits per heavy atom. The van der Waals surface area contributed by atoms with Crippen LogP contribution in [0, 0.1) is 5.92 Å². The van der Waals surface area contributed by atoms with Gasteiger partial charge in [-0.2, -0.15) is 0 Å². The summed E-state index contributed by atoms with van der Waals surface area (Å²) in [5.41, 5.74) is 9.77. The quantitative estimate of drug-likeness (QED) is 0.594. The van der Waals surface area contributed by atoms with Crippen LogP contribution in [0.1, 0.15) is 63.0 Å². The van der Waals surface area contributed by atoms with E-state index in [-0.39, 0.29) is 0 Å². The van der Waals surface area contributed by atoms with Crippen LogP contribution in [-0.2, 0) is 6.54 Å². The number of H-pyrrole nitrogens is 1. The van der Waals surface area contributed by atoms with E-state index < -0.39 is 0 Å². The van der Waals surface area contributed by atoms with Crippen LogP contribution in [0.25, 0.3) is 5.57 Å². The third-order valence-corrected chi connectivity index (χ3v) is 8.15. The number of aromatic amines is 1. The van der Waals surface area contributed by atoms with Gasteiger partial charge in [-0.3, -0.25) is 4.90 Å². The van der Waals surface area contributed by atoms with Crippen LogP contribution in [0.4, 0.5) is 11.5 Å². The average molecular weight is 456 g/mol. The molecule has 1 saturated carbocycles. The van der Waals surface area contributed by atoms with Gasteiger partial charge in [0.05, 0.1) is 17.6 Å². The monoisotopic (exact) mass is 455 g/mol. The Hall–Kier alpha value is -2.63. The minimum atomic E-state index is 0.652. The summed E-state index contributed by atoms with van der Waals surface area (Å²) in [5.74, 6) is 1.64. The van der Waals surface area contributed by atoms with Crippen LogP contribution in [-0.4, -0.2) is 42.3 Å². The van der Waals surface area contributed by atoms with Gasteiger partial charge in [0.1, 0.15) is 0 Å². The summed E-state index contributed by atoms with van der Waals surface area (Å²) in [6.07, 6.45) is 13.0. The smallest absolute Gasteiger partial charge is 0.154 e. The summed E-state index contributed by atoms with van der Waals surface area (Å²) in [5, 5.41) is 3.45. The van der Waals surface area contributed by atoms with Crippen LogP contribution >= 0.6 is 0 Å². The largest absolute Gasteiger partial charge is 0.345 e. The van der Waals surface area contributed by atoms with Gasteiger partial charge in [-0.25, -0.2) is 4.99 Å². The van der Waals surface area contributed by atoms with Gasteiger partial charge < -0.3 is 15.2 Å². The van der Waals surface area contributed by atoms with Crippen molar-refractivity contribution in [2.24, 2.45) is 10.9 Å². The molecule has 0 amide bonds. The number of aliphatic imine (C=N–C) groups is 1. The van der Waals surface area contributed by atoms with Crippen molar-refractivity contribution in [3.05, 3.63) is 64.6 Å². The molecule has 0 atom stereocenters. The molecule has 2 fully saturated rings. The van der Waals surface area contributed by atoms with E-state index in [9.17, 15) is 0 Å². The number of hydrogen-bond acceptors (Lipinski definition) is 4.